The van der Waals surface area contributed by atoms with E-state index in [1.165, 1.54) is 0 Å². The molecule has 0 aliphatic carbocycles. The molecule has 0 radical (unpaired) electrons. The van der Waals surface area contributed by atoms with Gasteiger partial charge in [0.1, 0.15) is 5.75 Å². The molecule has 0 saturated carbocycles. The first kappa shape index (κ1) is 13.1. The highest BCUT2D eigenvalue weighted by Gasteiger charge is 2.03. The molecule has 0 aromatic heterocycles. The Morgan fingerprint density at radius 2 is 1.58 bits per heavy atom. The summed E-state index contributed by atoms with van der Waals surface area (Å²) in [5, 5.41) is 18.2. The molecule has 2 rings (SSSR count). The van der Waals surface area contributed by atoms with Crippen molar-refractivity contribution < 1.29 is 9.84 Å². The Morgan fingerprint density at radius 1 is 1.05 bits per heavy atom. The number of rotatable bonds is 4. The van der Waals surface area contributed by atoms with Crippen LogP contribution in [0.3, 0.4) is 0 Å². The Morgan fingerprint density at radius 3 is 2.05 bits per heavy atom. The lowest BCUT2D eigenvalue weighted by Gasteiger charge is -2.11. The SMILES string of the molecule is CCC(O)Oc1ccc(-c2ccc(C#N)cc2)cc1. The number of ether oxygens (including phenoxy) is 1. The molecule has 0 amide bonds. The maximum atomic E-state index is 9.40. The van der Waals surface area contributed by atoms with E-state index in [0.717, 1.165) is 11.1 Å². The zero-order valence-electron chi connectivity index (χ0n) is 10.7. The Balaban J connectivity index is 2.15. The minimum Gasteiger partial charge on any atom is -0.465 e. The average molecular weight is 253 g/mol. The summed E-state index contributed by atoms with van der Waals surface area (Å²) >= 11 is 0. The molecular weight excluding hydrogens is 238 g/mol. The molecular formula is C16H15NO2. The van der Waals surface area contributed by atoms with E-state index in [1.54, 1.807) is 12.1 Å². The molecule has 0 aliphatic rings. The lowest BCUT2D eigenvalue weighted by Crippen LogP contribution is -2.13. The highest BCUT2D eigenvalue weighted by Crippen LogP contribution is 2.23. The smallest absolute Gasteiger partial charge is 0.197 e. The van der Waals surface area contributed by atoms with Gasteiger partial charge in [0, 0.05) is 6.42 Å². The van der Waals surface area contributed by atoms with Gasteiger partial charge in [0.25, 0.3) is 0 Å². The summed E-state index contributed by atoms with van der Waals surface area (Å²) in [4.78, 5) is 0. The van der Waals surface area contributed by atoms with Gasteiger partial charge in [-0.05, 0) is 35.4 Å². The minimum absolute atomic E-state index is 0.553. The van der Waals surface area contributed by atoms with Crippen LogP contribution < -0.4 is 4.74 Å². The average Bonchev–Trinajstić information content (AvgIpc) is 2.48. The van der Waals surface area contributed by atoms with Crippen molar-refractivity contribution in [3.63, 3.8) is 0 Å². The van der Waals surface area contributed by atoms with Crippen molar-refractivity contribution in [2.45, 2.75) is 19.6 Å². The number of aliphatic hydroxyl groups is 1. The highest BCUT2D eigenvalue weighted by molar-refractivity contribution is 5.64. The molecule has 96 valence electrons. The van der Waals surface area contributed by atoms with Crippen LogP contribution in [0.2, 0.25) is 0 Å². The number of aliphatic hydroxyl groups excluding tert-OH is 1. The van der Waals surface area contributed by atoms with Gasteiger partial charge in [0.05, 0.1) is 11.6 Å². The normalized spacial score (nSPS) is 11.6. The maximum Gasteiger partial charge on any atom is 0.197 e. The van der Waals surface area contributed by atoms with Gasteiger partial charge in [-0.1, -0.05) is 31.2 Å². The van der Waals surface area contributed by atoms with E-state index < -0.39 is 6.29 Å². The number of hydrogen-bond acceptors (Lipinski definition) is 3. The van der Waals surface area contributed by atoms with Crippen LogP contribution >= 0.6 is 0 Å². The summed E-state index contributed by atoms with van der Waals surface area (Å²) in [5.74, 6) is 0.645. The quantitative estimate of drug-likeness (QED) is 0.850. The maximum absolute atomic E-state index is 9.40. The van der Waals surface area contributed by atoms with E-state index in [0.29, 0.717) is 17.7 Å². The number of benzene rings is 2. The molecule has 3 heteroatoms. The second kappa shape index (κ2) is 6.03. The fourth-order valence-electron chi connectivity index (χ4n) is 1.70. The van der Waals surface area contributed by atoms with Crippen LogP contribution in [0.25, 0.3) is 11.1 Å². The van der Waals surface area contributed by atoms with Gasteiger partial charge in [0.2, 0.25) is 0 Å². The van der Waals surface area contributed by atoms with Crippen molar-refractivity contribution in [1.82, 2.24) is 0 Å². The first-order chi connectivity index (χ1) is 9.22. The van der Waals surface area contributed by atoms with Crippen LogP contribution in [0.4, 0.5) is 0 Å². The van der Waals surface area contributed by atoms with E-state index in [1.807, 2.05) is 43.3 Å². The summed E-state index contributed by atoms with van der Waals surface area (Å²) < 4.78 is 5.30. The van der Waals surface area contributed by atoms with Crippen LogP contribution in [0, 0.1) is 11.3 Å². The fraction of sp³-hybridized carbons (Fsp3) is 0.188. The van der Waals surface area contributed by atoms with Crippen LogP contribution in [-0.2, 0) is 0 Å². The third kappa shape index (κ3) is 3.34. The van der Waals surface area contributed by atoms with E-state index in [9.17, 15) is 5.11 Å². The van der Waals surface area contributed by atoms with Crippen LogP contribution in [-0.4, -0.2) is 11.4 Å². The van der Waals surface area contributed by atoms with E-state index >= 15 is 0 Å². The predicted molar refractivity (Wildman–Crippen MR) is 73.5 cm³/mol. The van der Waals surface area contributed by atoms with Crippen molar-refractivity contribution in [2.24, 2.45) is 0 Å². The van der Waals surface area contributed by atoms with Crippen LogP contribution in [0.1, 0.15) is 18.9 Å². The largest absolute Gasteiger partial charge is 0.465 e. The summed E-state index contributed by atoms with van der Waals surface area (Å²) in [7, 11) is 0. The van der Waals surface area contributed by atoms with E-state index in [2.05, 4.69) is 6.07 Å². The Bertz CT molecular complexity index is 567. The Hall–Kier alpha value is -2.31. The van der Waals surface area contributed by atoms with Gasteiger partial charge < -0.3 is 9.84 Å². The van der Waals surface area contributed by atoms with Crippen LogP contribution in [0.5, 0.6) is 5.75 Å². The Kier molecular flexibility index (Phi) is 4.17. The molecule has 1 atom stereocenters. The van der Waals surface area contributed by atoms with Crippen molar-refractivity contribution in [3.05, 3.63) is 54.1 Å². The first-order valence-corrected chi connectivity index (χ1v) is 6.18. The van der Waals surface area contributed by atoms with Crippen molar-refractivity contribution in [3.8, 4) is 22.9 Å². The van der Waals surface area contributed by atoms with Gasteiger partial charge in [-0.25, -0.2) is 0 Å². The van der Waals surface area contributed by atoms with Gasteiger partial charge in [-0.2, -0.15) is 5.26 Å². The molecule has 1 N–H and O–H groups in total. The molecule has 0 heterocycles. The molecule has 0 bridgehead atoms. The van der Waals surface area contributed by atoms with Crippen molar-refractivity contribution in [2.75, 3.05) is 0 Å². The number of nitrogens with zero attached hydrogens (tertiary/aromatic N) is 1. The molecule has 19 heavy (non-hydrogen) atoms. The second-order valence-electron chi connectivity index (χ2n) is 4.19. The summed E-state index contributed by atoms with van der Waals surface area (Å²) in [6.07, 6.45) is -0.210. The van der Waals surface area contributed by atoms with Gasteiger partial charge >= 0.3 is 0 Å². The fourth-order valence-corrected chi connectivity index (χ4v) is 1.70. The number of nitriles is 1. The number of hydrogen-bond donors (Lipinski definition) is 1. The highest BCUT2D eigenvalue weighted by atomic mass is 16.6. The van der Waals surface area contributed by atoms with Gasteiger partial charge in [-0.3, -0.25) is 0 Å². The zero-order valence-corrected chi connectivity index (χ0v) is 10.7. The monoisotopic (exact) mass is 253 g/mol. The second-order valence-corrected chi connectivity index (χ2v) is 4.19. The van der Waals surface area contributed by atoms with Crippen molar-refractivity contribution in [1.29, 1.82) is 5.26 Å². The summed E-state index contributed by atoms with van der Waals surface area (Å²) in [5.41, 5.74) is 2.74. The molecule has 3 nitrogen and oxygen atoms in total. The molecule has 0 spiro atoms. The molecule has 0 fully saturated rings. The lowest BCUT2D eigenvalue weighted by atomic mass is 10.0. The lowest BCUT2D eigenvalue weighted by molar-refractivity contribution is -0.0191. The minimum atomic E-state index is -0.763. The predicted octanol–water partition coefficient (Wildman–Crippen LogP) is 3.33. The third-order valence-corrected chi connectivity index (χ3v) is 2.82. The summed E-state index contributed by atoms with van der Waals surface area (Å²) in [6.45, 7) is 1.86. The first-order valence-electron chi connectivity index (χ1n) is 6.18. The topological polar surface area (TPSA) is 53.2 Å². The van der Waals surface area contributed by atoms with E-state index in [4.69, 9.17) is 10.00 Å². The molecule has 2 aromatic carbocycles. The molecule has 2 aromatic rings. The molecule has 0 aliphatic heterocycles. The zero-order chi connectivity index (χ0) is 13.7. The standard InChI is InChI=1S/C16H15NO2/c1-2-16(18)19-15-9-7-14(8-10-15)13-5-3-12(11-17)4-6-13/h3-10,16,18H,2H2,1H3. The molecule has 0 saturated heterocycles. The van der Waals surface area contributed by atoms with Crippen LogP contribution in [0.15, 0.2) is 48.5 Å². The van der Waals surface area contributed by atoms with Crippen molar-refractivity contribution >= 4 is 0 Å². The van der Waals surface area contributed by atoms with Gasteiger partial charge in [0.15, 0.2) is 6.29 Å². The third-order valence-electron chi connectivity index (χ3n) is 2.82. The summed E-state index contributed by atoms with van der Waals surface area (Å²) in [6, 6.07) is 17.0. The van der Waals surface area contributed by atoms with E-state index in [-0.39, 0.29) is 0 Å². The van der Waals surface area contributed by atoms with Gasteiger partial charge in [-0.15, -0.1) is 0 Å². The Labute approximate surface area is 112 Å². The molecule has 1 unspecified atom stereocenters.